The summed E-state index contributed by atoms with van der Waals surface area (Å²) in [6.07, 6.45) is 0.0189. The summed E-state index contributed by atoms with van der Waals surface area (Å²) in [6, 6.07) is -0.0865. The molecule has 0 saturated carbocycles. The van der Waals surface area contributed by atoms with Gasteiger partial charge in [0, 0.05) is 37.7 Å². The van der Waals surface area contributed by atoms with Crippen LogP contribution in [0.25, 0.3) is 17.1 Å². The number of nitrogens with zero attached hydrogens (tertiary/aromatic N) is 7. The van der Waals surface area contributed by atoms with Crippen LogP contribution in [-0.2, 0) is 12.7 Å². The number of likely N-dealkylation sites (tertiary alicyclic amines) is 1. The largest absolute Gasteiger partial charge is 0.434 e. The van der Waals surface area contributed by atoms with Crippen molar-refractivity contribution < 1.29 is 13.2 Å². The molecule has 10 nitrogen and oxygen atoms in total. The number of halogens is 3. The molecule has 0 radical (unpaired) electrons. The van der Waals surface area contributed by atoms with E-state index in [2.05, 4.69) is 25.3 Å². The van der Waals surface area contributed by atoms with E-state index in [0.717, 1.165) is 12.5 Å². The number of hydrogen-bond acceptors (Lipinski definition) is 7. The standard InChI is InChI=1S/C20H25F3N10/c1-4-32-18-15(30-19(32)31-8-13(28-10-31)20(21,22)23)17(26-9-27-18)29-12-5-6-14(24)33(7-12)16(25)11(2)3/h8-12,24-25H,4-7H2,1-3H3,(H,26,27,29). The number of anilines is 1. The number of nitrogens with one attached hydrogen (secondary N) is 3. The lowest BCUT2D eigenvalue weighted by Crippen LogP contribution is -2.49. The molecule has 0 amide bonds. The Morgan fingerprint density at radius 3 is 2.67 bits per heavy atom. The highest BCUT2D eigenvalue weighted by Crippen LogP contribution is 2.29. The smallest absolute Gasteiger partial charge is 0.364 e. The highest BCUT2D eigenvalue weighted by molar-refractivity contribution is 5.99. The van der Waals surface area contributed by atoms with Crippen molar-refractivity contribution >= 4 is 28.7 Å². The molecule has 3 aromatic heterocycles. The normalized spacial score (nSPS) is 17.2. The van der Waals surface area contributed by atoms with E-state index in [1.54, 1.807) is 9.47 Å². The third-order valence-electron chi connectivity index (χ3n) is 5.57. The number of imidazole rings is 2. The molecular formula is C20H25F3N10. The van der Waals surface area contributed by atoms with E-state index in [1.807, 2.05) is 20.8 Å². The summed E-state index contributed by atoms with van der Waals surface area (Å²) < 4.78 is 42.0. The van der Waals surface area contributed by atoms with Gasteiger partial charge in [-0.15, -0.1) is 0 Å². The number of fused-ring (bicyclic) bond motifs is 1. The number of aryl methyl sites for hydroxylation is 1. The van der Waals surface area contributed by atoms with E-state index in [0.29, 0.717) is 54.6 Å². The molecule has 1 fully saturated rings. The molecule has 4 heterocycles. The zero-order valence-electron chi connectivity index (χ0n) is 18.5. The van der Waals surface area contributed by atoms with Gasteiger partial charge in [-0.2, -0.15) is 13.2 Å². The van der Waals surface area contributed by atoms with Crippen molar-refractivity contribution in [2.75, 3.05) is 11.9 Å². The molecular weight excluding hydrogens is 437 g/mol. The predicted octanol–water partition coefficient (Wildman–Crippen LogP) is 3.54. The topological polar surface area (TPSA) is 124 Å². The van der Waals surface area contributed by atoms with Crippen LogP contribution in [-0.4, -0.2) is 58.2 Å². The minimum atomic E-state index is -4.55. The van der Waals surface area contributed by atoms with Gasteiger partial charge in [-0.1, -0.05) is 13.8 Å². The molecule has 3 aromatic rings. The monoisotopic (exact) mass is 462 g/mol. The van der Waals surface area contributed by atoms with Gasteiger partial charge in [-0.3, -0.25) is 20.0 Å². The van der Waals surface area contributed by atoms with Gasteiger partial charge >= 0.3 is 6.18 Å². The van der Waals surface area contributed by atoms with E-state index >= 15 is 0 Å². The number of alkyl halides is 3. The van der Waals surface area contributed by atoms with Crippen LogP contribution in [0.2, 0.25) is 0 Å². The number of piperidine rings is 1. The molecule has 0 spiro atoms. The van der Waals surface area contributed by atoms with E-state index in [4.69, 9.17) is 10.8 Å². The Bertz CT molecular complexity index is 1190. The lowest BCUT2D eigenvalue weighted by molar-refractivity contribution is -0.140. The summed E-state index contributed by atoms with van der Waals surface area (Å²) in [4.78, 5) is 18.3. The Kier molecular flexibility index (Phi) is 5.80. The zero-order valence-corrected chi connectivity index (χ0v) is 18.5. The van der Waals surface area contributed by atoms with Crippen molar-refractivity contribution in [2.45, 2.75) is 52.4 Å². The summed E-state index contributed by atoms with van der Waals surface area (Å²) in [5, 5.41) is 19.8. The van der Waals surface area contributed by atoms with Crippen LogP contribution in [0.15, 0.2) is 18.9 Å². The summed E-state index contributed by atoms with van der Waals surface area (Å²) in [5.74, 6) is 1.51. The quantitative estimate of drug-likeness (QED) is 0.394. The van der Waals surface area contributed by atoms with Crippen molar-refractivity contribution in [1.82, 2.24) is 34.0 Å². The van der Waals surface area contributed by atoms with Gasteiger partial charge in [0.15, 0.2) is 22.7 Å². The van der Waals surface area contributed by atoms with Crippen molar-refractivity contribution in [3.63, 3.8) is 0 Å². The second-order valence-corrected chi connectivity index (χ2v) is 8.19. The van der Waals surface area contributed by atoms with Crippen LogP contribution < -0.4 is 5.32 Å². The zero-order chi connectivity index (χ0) is 23.9. The Hall–Kier alpha value is -3.51. The lowest BCUT2D eigenvalue weighted by atomic mass is 10.0. The van der Waals surface area contributed by atoms with E-state index in [1.165, 1.54) is 10.9 Å². The fraction of sp³-hybridized carbons (Fsp3) is 0.500. The lowest BCUT2D eigenvalue weighted by Gasteiger charge is -2.36. The average Bonchev–Trinajstić information content (AvgIpc) is 3.39. The van der Waals surface area contributed by atoms with E-state index < -0.39 is 11.9 Å². The SMILES string of the molecule is CCn1c(-n2cnc(C(F)(F)F)c2)nc2c(NC3CCC(=N)N(C(=N)C(C)C)C3)ncnc21. The van der Waals surface area contributed by atoms with Crippen LogP contribution in [0, 0.1) is 16.7 Å². The maximum Gasteiger partial charge on any atom is 0.434 e. The third kappa shape index (κ3) is 4.26. The van der Waals surface area contributed by atoms with Crippen LogP contribution in [0.4, 0.5) is 19.0 Å². The molecule has 0 aliphatic carbocycles. The molecule has 0 aromatic carbocycles. The number of hydrogen-bond donors (Lipinski definition) is 3. The highest BCUT2D eigenvalue weighted by atomic mass is 19.4. The molecule has 33 heavy (non-hydrogen) atoms. The first kappa shape index (κ1) is 22.7. The van der Waals surface area contributed by atoms with Crippen LogP contribution in [0.3, 0.4) is 0 Å². The molecule has 0 bridgehead atoms. The molecule has 176 valence electrons. The summed E-state index contributed by atoms with van der Waals surface area (Å²) in [7, 11) is 0. The molecule has 1 unspecified atom stereocenters. The number of rotatable bonds is 5. The number of amidine groups is 2. The minimum absolute atomic E-state index is 0.00515. The molecule has 1 atom stereocenters. The van der Waals surface area contributed by atoms with Crippen molar-refractivity contribution in [3.05, 3.63) is 24.5 Å². The second kappa shape index (κ2) is 8.45. The Balaban J connectivity index is 1.67. The van der Waals surface area contributed by atoms with Gasteiger partial charge in [0.2, 0.25) is 5.95 Å². The Labute approximate surface area is 187 Å². The maximum absolute atomic E-state index is 13.0. The number of aromatic nitrogens is 6. The van der Waals surface area contributed by atoms with Gasteiger partial charge < -0.3 is 10.2 Å². The first-order valence-corrected chi connectivity index (χ1v) is 10.6. The first-order valence-electron chi connectivity index (χ1n) is 10.6. The second-order valence-electron chi connectivity index (χ2n) is 8.19. The fourth-order valence-corrected chi connectivity index (χ4v) is 3.83. The van der Waals surface area contributed by atoms with Crippen LogP contribution >= 0.6 is 0 Å². The van der Waals surface area contributed by atoms with Crippen LogP contribution in [0.1, 0.15) is 39.3 Å². The summed E-state index contributed by atoms with van der Waals surface area (Å²) in [6.45, 7) is 6.56. The maximum atomic E-state index is 13.0. The summed E-state index contributed by atoms with van der Waals surface area (Å²) >= 11 is 0. The van der Waals surface area contributed by atoms with Crippen LogP contribution in [0.5, 0.6) is 0 Å². The molecule has 1 aliphatic heterocycles. The van der Waals surface area contributed by atoms with Gasteiger partial charge in [-0.25, -0.2) is 19.9 Å². The molecule has 1 saturated heterocycles. The van der Waals surface area contributed by atoms with E-state index in [9.17, 15) is 13.2 Å². The predicted molar refractivity (Wildman–Crippen MR) is 117 cm³/mol. The Morgan fingerprint density at radius 1 is 1.27 bits per heavy atom. The third-order valence-corrected chi connectivity index (χ3v) is 5.57. The van der Waals surface area contributed by atoms with Gasteiger partial charge in [0.1, 0.15) is 24.3 Å². The highest BCUT2D eigenvalue weighted by Gasteiger charge is 2.34. The fourth-order valence-electron chi connectivity index (χ4n) is 3.83. The van der Waals surface area contributed by atoms with Crippen molar-refractivity contribution in [2.24, 2.45) is 5.92 Å². The van der Waals surface area contributed by atoms with Gasteiger partial charge in [-0.05, 0) is 13.3 Å². The average molecular weight is 462 g/mol. The molecule has 13 heteroatoms. The van der Waals surface area contributed by atoms with Gasteiger partial charge in [0.05, 0.1) is 0 Å². The van der Waals surface area contributed by atoms with Crippen molar-refractivity contribution in [3.8, 4) is 5.95 Å². The van der Waals surface area contributed by atoms with Gasteiger partial charge in [0.25, 0.3) is 0 Å². The minimum Gasteiger partial charge on any atom is -0.364 e. The first-order chi connectivity index (χ1) is 15.6. The molecule has 1 aliphatic rings. The van der Waals surface area contributed by atoms with Crippen molar-refractivity contribution in [1.29, 1.82) is 10.8 Å². The molecule has 3 N–H and O–H groups in total. The summed E-state index contributed by atoms with van der Waals surface area (Å²) in [5.41, 5.74) is -0.0793. The van der Waals surface area contributed by atoms with E-state index in [-0.39, 0.29) is 17.9 Å². The molecule has 4 rings (SSSR count). The Morgan fingerprint density at radius 2 is 2.03 bits per heavy atom.